The molecule has 2 heterocycles. The van der Waals surface area contributed by atoms with E-state index < -0.39 is 0 Å². The Morgan fingerprint density at radius 3 is 3.18 bits per heavy atom. The van der Waals surface area contributed by atoms with Crippen molar-refractivity contribution in [1.82, 2.24) is 9.88 Å². The Labute approximate surface area is 105 Å². The summed E-state index contributed by atoms with van der Waals surface area (Å²) in [6, 6.07) is -0.114. The summed E-state index contributed by atoms with van der Waals surface area (Å²) < 4.78 is 4.85. The van der Waals surface area contributed by atoms with Crippen molar-refractivity contribution in [1.29, 1.82) is 0 Å². The van der Waals surface area contributed by atoms with E-state index in [1.54, 1.807) is 6.20 Å². The highest BCUT2D eigenvalue weighted by molar-refractivity contribution is 7.15. The zero-order chi connectivity index (χ0) is 12.3. The number of nitrogens with zero attached hydrogens (tertiary/aromatic N) is 2. The van der Waals surface area contributed by atoms with Gasteiger partial charge in [0.25, 0.3) is 0 Å². The van der Waals surface area contributed by atoms with Crippen LogP contribution < -0.4 is 5.73 Å². The first kappa shape index (κ1) is 12.3. The van der Waals surface area contributed by atoms with Gasteiger partial charge in [0.2, 0.25) is 0 Å². The molecule has 94 valence electrons. The molecule has 2 N–H and O–H groups in total. The number of nitrogens with two attached hydrogens (primary N) is 1. The van der Waals surface area contributed by atoms with Gasteiger partial charge in [0.05, 0.1) is 7.11 Å². The number of ether oxygens (including phenoxy) is 1. The molecule has 1 fully saturated rings. The van der Waals surface area contributed by atoms with E-state index in [9.17, 15) is 4.79 Å². The second-order valence-electron chi connectivity index (χ2n) is 4.17. The molecular weight excluding hydrogens is 238 g/mol. The lowest BCUT2D eigenvalue weighted by Crippen LogP contribution is -2.44. The number of carbonyl (C=O) groups excluding carboxylic acids is 1. The average Bonchev–Trinajstić information content (AvgIpc) is 2.74. The minimum absolute atomic E-state index is 0.114. The summed E-state index contributed by atoms with van der Waals surface area (Å²) in [5.41, 5.74) is 5.60. The number of likely N-dealkylation sites (tertiary alicyclic amines) is 1. The van der Waals surface area contributed by atoms with Crippen LogP contribution >= 0.6 is 11.3 Å². The molecule has 1 atom stereocenters. The number of anilines is 1. The van der Waals surface area contributed by atoms with Gasteiger partial charge in [-0.05, 0) is 19.4 Å². The molecule has 1 aliphatic rings. The van der Waals surface area contributed by atoms with Gasteiger partial charge in [-0.3, -0.25) is 9.69 Å². The largest absolute Gasteiger partial charge is 0.468 e. The predicted octanol–water partition coefficient (Wildman–Crippen LogP) is 1.25. The summed E-state index contributed by atoms with van der Waals surface area (Å²) in [6.07, 6.45) is 4.87. The lowest BCUT2D eigenvalue weighted by Gasteiger charge is -2.33. The minimum Gasteiger partial charge on any atom is -0.468 e. The summed E-state index contributed by atoms with van der Waals surface area (Å²) in [6.45, 7) is 1.66. The number of hydrogen-bond donors (Lipinski definition) is 1. The van der Waals surface area contributed by atoms with Gasteiger partial charge in [0.1, 0.15) is 6.04 Å². The molecule has 0 radical (unpaired) electrons. The molecule has 6 heteroatoms. The molecular formula is C11H17N3O2S. The third-order valence-corrected chi connectivity index (χ3v) is 3.83. The van der Waals surface area contributed by atoms with E-state index in [2.05, 4.69) is 9.88 Å². The van der Waals surface area contributed by atoms with Crippen molar-refractivity contribution in [2.24, 2.45) is 0 Å². The number of esters is 1. The number of nitrogen functional groups attached to an aromatic ring is 1. The Morgan fingerprint density at radius 2 is 2.53 bits per heavy atom. The van der Waals surface area contributed by atoms with Crippen molar-refractivity contribution in [3.05, 3.63) is 11.1 Å². The Hall–Kier alpha value is -1.14. The maximum Gasteiger partial charge on any atom is 0.323 e. The number of rotatable bonds is 3. The number of hydrogen-bond acceptors (Lipinski definition) is 6. The number of carbonyl (C=O) groups is 1. The lowest BCUT2D eigenvalue weighted by atomic mass is 10.0. The normalized spacial score (nSPS) is 21.4. The summed E-state index contributed by atoms with van der Waals surface area (Å²) >= 11 is 1.48. The molecule has 17 heavy (non-hydrogen) atoms. The van der Waals surface area contributed by atoms with Gasteiger partial charge in [-0.15, -0.1) is 11.3 Å². The Morgan fingerprint density at radius 1 is 1.71 bits per heavy atom. The third-order valence-electron chi connectivity index (χ3n) is 3.02. The van der Waals surface area contributed by atoms with Crippen molar-refractivity contribution < 1.29 is 9.53 Å². The molecule has 1 unspecified atom stereocenters. The van der Waals surface area contributed by atoms with Crippen LogP contribution in [0.5, 0.6) is 0 Å². The molecule has 5 nitrogen and oxygen atoms in total. The van der Waals surface area contributed by atoms with Gasteiger partial charge in [0, 0.05) is 17.6 Å². The van der Waals surface area contributed by atoms with E-state index in [4.69, 9.17) is 10.5 Å². The fourth-order valence-corrected chi connectivity index (χ4v) is 2.89. The topological polar surface area (TPSA) is 68.5 Å². The van der Waals surface area contributed by atoms with Crippen LogP contribution in [0.4, 0.5) is 5.13 Å². The highest BCUT2D eigenvalue weighted by atomic mass is 32.1. The van der Waals surface area contributed by atoms with Gasteiger partial charge in [-0.2, -0.15) is 0 Å². The number of aromatic nitrogens is 1. The van der Waals surface area contributed by atoms with Crippen LogP contribution in [0.3, 0.4) is 0 Å². The quantitative estimate of drug-likeness (QED) is 0.823. The molecule has 0 spiro atoms. The van der Waals surface area contributed by atoms with Crippen LogP contribution in [-0.4, -0.2) is 35.5 Å². The summed E-state index contributed by atoms with van der Waals surface area (Å²) in [5, 5.41) is 0.576. The molecule has 1 saturated heterocycles. The molecule has 1 aromatic heterocycles. The highest BCUT2D eigenvalue weighted by Crippen LogP contribution is 2.23. The molecule has 0 aliphatic carbocycles. The number of piperidine rings is 1. The standard InChI is InChI=1S/C11H17N3O2S/c1-16-10(15)9-4-2-3-5-14(9)7-8-6-13-11(12)17-8/h6,9H,2-5,7H2,1H3,(H2,12,13). The van der Waals surface area contributed by atoms with E-state index in [-0.39, 0.29) is 12.0 Å². The molecule has 1 aromatic rings. The minimum atomic E-state index is -0.137. The average molecular weight is 255 g/mol. The van der Waals surface area contributed by atoms with Crippen molar-refractivity contribution in [2.75, 3.05) is 19.4 Å². The fraction of sp³-hybridized carbons (Fsp3) is 0.636. The van der Waals surface area contributed by atoms with Crippen LogP contribution in [0.1, 0.15) is 24.1 Å². The molecule has 0 bridgehead atoms. The van der Waals surface area contributed by atoms with Crippen LogP contribution in [0.15, 0.2) is 6.20 Å². The zero-order valence-corrected chi connectivity index (χ0v) is 10.7. The van der Waals surface area contributed by atoms with E-state index in [1.165, 1.54) is 18.4 Å². The monoisotopic (exact) mass is 255 g/mol. The van der Waals surface area contributed by atoms with E-state index in [0.717, 1.165) is 37.2 Å². The second kappa shape index (κ2) is 5.46. The van der Waals surface area contributed by atoms with Crippen molar-refractivity contribution in [3.63, 3.8) is 0 Å². The van der Waals surface area contributed by atoms with Gasteiger partial charge in [0.15, 0.2) is 5.13 Å². The maximum absolute atomic E-state index is 11.7. The first-order valence-corrected chi connectivity index (χ1v) is 6.54. The third kappa shape index (κ3) is 2.95. The van der Waals surface area contributed by atoms with E-state index in [1.807, 2.05) is 0 Å². The number of thiazole rings is 1. The summed E-state index contributed by atoms with van der Waals surface area (Å²) in [7, 11) is 1.44. The SMILES string of the molecule is COC(=O)C1CCCCN1Cc1cnc(N)s1. The zero-order valence-electron chi connectivity index (χ0n) is 9.89. The first-order chi connectivity index (χ1) is 8.20. The van der Waals surface area contributed by atoms with Crippen LogP contribution in [0, 0.1) is 0 Å². The predicted molar refractivity (Wildman–Crippen MR) is 66.6 cm³/mol. The van der Waals surface area contributed by atoms with Crippen LogP contribution in [-0.2, 0) is 16.1 Å². The molecule has 1 aliphatic heterocycles. The Kier molecular flexibility index (Phi) is 3.96. The Bertz CT molecular complexity index is 394. The van der Waals surface area contributed by atoms with Crippen LogP contribution in [0.2, 0.25) is 0 Å². The van der Waals surface area contributed by atoms with Crippen LogP contribution in [0.25, 0.3) is 0 Å². The second-order valence-corrected chi connectivity index (χ2v) is 5.32. The van der Waals surface area contributed by atoms with Crippen molar-refractivity contribution in [3.8, 4) is 0 Å². The van der Waals surface area contributed by atoms with E-state index >= 15 is 0 Å². The van der Waals surface area contributed by atoms with Gasteiger partial charge >= 0.3 is 5.97 Å². The van der Waals surface area contributed by atoms with Crippen molar-refractivity contribution >= 4 is 22.4 Å². The van der Waals surface area contributed by atoms with E-state index in [0.29, 0.717) is 5.13 Å². The summed E-state index contributed by atoms with van der Waals surface area (Å²) in [4.78, 5) is 18.9. The van der Waals surface area contributed by atoms with Crippen molar-refractivity contribution in [2.45, 2.75) is 31.8 Å². The Balaban J connectivity index is 2.03. The highest BCUT2D eigenvalue weighted by Gasteiger charge is 2.29. The maximum atomic E-state index is 11.7. The molecule has 0 amide bonds. The fourth-order valence-electron chi connectivity index (χ4n) is 2.18. The molecule has 0 aromatic carbocycles. The van der Waals surface area contributed by atoms with Gasteiger partial charge in [-0.1, -0.05) is 6.42 Å². The van der Waals surface area contributed by atoms with Gasteiger partial charge < -0.3 is 10.5 Å². The first-order valence-electron chi connectivity index (χ1n) is 5.73. The van der Waals surface area contributed by atoms with Gasteiger partial charge in [-0.25, -0.2) is 4.98 Å². The molecule has 2 rings (SSSR count). The summed E-state index contributed by atoms with van der Waals surface area (Å²) in [5.74, 6) is -0.137. The lowest BCUT2D eigenvalue weighted by molar-refractivity contribution is -0.148. The number of methoxy groups -OCH3 is 1. The molecule has 0 saturated carbocycles. The smallest absolute Gasteiger partial charge is 0.323 e.